The van der Waals surface area contributed by atoms with E-state index in [1.807, 2.05) is 42.8 Å². The zero-order valence-corrected chi connectivity index (χ0v) is 19.7. The first-order valence-corrected chi connectivity index (χ1v) is 11.7. The molecule has 0 radical (unpaired) electrons. The lowest BCUT2D eigenvalue weighted by Crippen LogP contribution is -2.16. The predicted octanol–water partition coefficient (Wildman–Crippen LogP) is 6.39. The Morgan fingerprint density at radius 3 is 2.30 bits per heavy atom. The van der Waals surface area contributed by atoms with Gasteiger partial charge < -0.3 is 9.88 Å². The first kappa shape index (κ1) is 22.8. The molecule has 1 heterocycles. The van der Waals surface area contributed by atoms with Gasteiger partial charge >= 0.3 is 0 Å². The maximum absolute atomic E-state index is 13.4. The number of benzene rings is 3. The molecule has 0 aliphatic carbocycles. The van der Waals surface area contributed by atoms with Crippen molar-refractivity contribution < 1.29 is 9.18 Å². The average Bonchev–Trinajstić information content (AvgIpc) is 3.19. The van der Waals surface area contributed by atoms with E-state index in [2.05, 4.69) is 36.5 Å². The summed E-state index contributed by atoms with van der Waals surface area (Å²) in [5, 5.41) is 3.77. The van der Waals surface area contributed by atoms with E-state index in [9.17, 15) is 9.18 Å². The Balaban J connectivity index is 1.55. The number of halogens is 1. The van der Waals surface area contributed by atoms with Crippen LogP contribution in [0.15, 0.2) is 78.1 Å². The van der Waals surface area contributed by atoms with Crippen LogP contribution in [0.4, 0.5) is 10.1 Å². The summed E-state index contributed by atoms with van der Waals surface area (Å²) in [6, 6.07) is 20.6. The number of aromatic nitrogens is 2. The summed E-state index contributed by atoms with van der Waals surface area (Å²) < 4.78 is 15.4. The molecule has 1 amide bonds. The molecule has 4 aromatic rings. The minimum atomic E-state index is -0.282. The zero-order chi connectivity index (χ0) is 23.4. The average molecular weight is 460 g/mol. The van der Waals surface area contributed by atoms with E-state index >= 15 is 0 Å². The summed E-state index contributed by atoms with van der Waals surface area (Å²) in [6.07, 6.45) is 1.96. The highest BCUT2D eigenvalue weighted by atomic mass is 32.2. The molecule has 168 valence electrons. The van der Waals surface area contributed by atoms with Gasteiger partial charge in [-0.05, 0) is 61.7 Å². The molecular weight excluding hydrogens is 433 g/mol. The van der Waals surface area contributed by atoms with Crippen LogP contribution in [-0.2, 0) is 11.3 Å². The highest BCUT2D eigenvalue weighted by Gasteiger charge is 2.14. The first-order valence-electron chi connectivity index (χ1n) is 10.8. The number of rotatable bonds is 7. The molecule has 3 aromatic carbocycles. The van der Waals surface area contributed by atoms with Crippen molar-refractivity contribution >= 4 is 23.4 Å². The van der Waals surface area contributed by atoms with Crippen molar-refractivity contribution in [3.63, 3.8) is 0 Å². The summed E-state index contributed by atoms with van der Waals surface area (Å²) in [6.45, 7) is 6.66. The van der Waals surface area contributed by atoms with E-state index in [0.717, 1.165) is 38.8 Å². The van der Waals surface area contributed by atoms with E-state index in [1.54, 1.807) is 12.1 Å². The lowest BCUT2D eigenvalue weighted by Gasteiger charge is -2.11. The highest BCUT2D eigenvalue weighted by molar-refractivity contribution is 7.99. The number of carbonyl (C=O) groups is 1. The Bertz CT molecular complexity index is 1240. The fourth-order valence-corrected chi connectivity index (χ4v) is 4.37. The molecule has 0 atom stereocenters. The Morgan fingerprint density at radius 2 is 1.64 bits per heavy atom. The van der Waals surface area contributed by atoms with Gasteiger partial charge in [-0.3, -0.25) is 4.79 Å². The van der Waals surface area contributed by atoms with Gasteiger partial charge in [0, 0.05) is 24.0 Å². The predicted molar refractivity (Wildman–Crippen MR) is 133 cm³/mol. The number of carbonyl (C=O) groups excluding carboxylic acids is 1. The van der Waals surface area contributed by atoms with Crippen LogP contribution < -0.4 is 5.32 Å². The van der Waals surface area contributed by atoms with Gasteiger partial charge in [0.2, 0.25) is 5.91 Å². The lowest BCUT2D eigenvalue weighted by molar-refractivity contribution is -0.113. The van der Waals surface area contributed by atoms with Crippen molar-refractivity contribution in [1.82, 2.24) is 9.55 Å². The maximum atomic E-state index is 13.4. The minimum Gasteiger partial charge on any atom is -0.325 e. The van der Waals surface area contributed by atoms with Gasteiger partial charge in [0.15, 0.2) is 5.16 Å². The second kappa shape index (κ2) is 10.0. The number of hydrogen-bond acceptors (Lipinski definition) is 3. The first-order chi connectivity index (χ1) is 15.9. The molecule has 6 heteroatoms. The van der Waals surface area contributed by atoms with Crippen LogP contribution in [0, 0.1) is 26.6 Å². The van der Waals surface area contributed by atoms with Gasteiger partial charge in [0.05, 0.1) is 11.4 Å². The summed E-state index contributed by atoms with van der Waals surface area (Å²) in [5.74, 6) is -0.122. The number of anilines is 1. The maximum Gasteiger partial charge on any atom is 0.234 e. The number of nitrogens with zero attached hydrogens (tertiary/aromatic N) is 2. The van der Waals surface area contributed by atoms with Crippen LogP contribution in [-0.4, -0.2) is 21.2 Å². The molecule has 0 aliphatic heterocycles. The monoisotopic (exact) mass is 459 g/mol. The standard InChI is InChI=1S/C27H26FN3OS/c1-18-7-9-21(10-8-18)15-31-16-24(22-11-13-23(28)14-12-22)29-27(31)33-17-25(32)30-26-19(2)5-4-6-20(26)3/h4-14,16H,15,17H2,1-3H3,(H,30,32). The molecule has 0 unspecified atom stereocenters. The van der Waals surface area contributed by atoms with Gasteiger partial charge in [-0.25, -0.2) is 9.37 Å². The van der Waals surface area contributed by atoms with Gasteiger partial charge in [0.1, 0.15) is 5.82 Å². The molecule has 0 spiro atoms. The number of nitrogens with one attached hydrogen (secondary N) is 1. The van der Waals surface area contributed by atoms with Crippen LogP contribution >= 0.6 is 11.8 Å². The van der Waals surface area contributed by atoms with Crippen molar-refractivity contribution in [2.75, 3.05) is 11.1 Å². The van der Waals surface area contributed by atoms with Crippen LogP contribution in [0.2, 0.25) is 0 Å². The summed E-state index contributed by atoms with van der Waals surface area (Å²) in [7, 11) is 0. The second-order valence-corrected chi connectivity index (χ2v) is 9.08. The normalized spacial score (nSPS) is 10.9. The SMILES string of the molecule is Cc1ccc(Cn2cc(-c3ccc(F)cc3)nc2SCC(=O)Nc2c(C)cccc2C)cc1. The third-order valence-corrected chi connectivity index (χ3v) is 6.42. The molecule has 0 saturated carbocycles. The fourth-order valence-electron chi connectivity index (χ4n) is 3.59. The lowest BCUT2D eigenvalue weighted by atomic mass is 10.1. The van der Waals surface area contributed by atoms with Crippen LogP contribution in [0.5, 0.6) is 0 Å². The van der Waals surface area contributed by atoms with Crippen molar-refractivity contribution in [1.29, 1.82) is 0 Å². The van der Waals surface area contributed by atoms with Crippen molar-refractivity contribution in [3.05, 3.63) is 101 Å². The fraction of sp³-hybridized carbons (Fsp3) is 0.185. The second-order valence-electron chi connectivity index (χ2n) is 8.13. The molecule has 0 saturated heterocycles. The molecule has 4 nitrogen and oxygen atoms in total. The van der Waals surface area contributed by atoms with Crippen molar-refractivity contribution in [3.8, 4) is 11.3 Å². The number of imidazole rings is 1. The van der Waals surface area contributed by atoms with Crippen LogP contribution in [0.25, 0.3) is 11.3 Å². The third kappa shape index (κ3) is 5.71. The number of para-hydroxylation sites is 1. The molecule has 0 bridgehead atoms. The molecular formula is C27H26FN3OS. The molecule has 1 aromatic heterocycles. The van der Waals surface area contributed by atoms with E-state index < -0.39 is 0 Å². The Labute approximate surface area is 197 Å². The topological polar surface area (TPSA) is 46.9 Å². The van der Waals surface area contributed by atoms with Gasteiger partial charge in [-0.2, -0.15) is 0 Å². The largest absolute Gasteiger partial charge is 0.325 e. The molecule has 4 rings (SSSR count). The number of thioether (sulfide) groups is 1. The van der Waals surface area contributed by atoms with Gasteiger partial charge in [0.25, 0.3) is 0 Å². The summed E-state index contributed by atoms with van der Waals surface area (Å²) in [4.78, 5) is 17.5. The van der Waals surface area contributed by atoms with E-state index in [-0.39, 0.29) is 17.5 Å². The van der Waals surface area contributed by atoms with E-state index in [4.69, 9.17) is 4.98 Å². The Kier molecular flexibility index (Phi) is 6.94. The van der Waals surface area contributed by atoms with Crippen LogP contribution in [0.3, 0.4) is 0 Å². The van der Waals surface area contributed by atoms with E-state index in [1.165, 1.54) is 29.5 Å². The number of hydrogen-bond donors (Lipinski definition) is 1. The molecule has 0 aliphatic rings. The number of amides is 1. The molecule has 0 fully saturated rings. The minimum absolute atomic E-state index is 0.0781. The Morgan fingerprint density at radius 1 is 0.970 bits per heavy atom. The van der Waals surface area contributed by atoms with Gasteiger partial charge in [-0.1, -0.05) is 59.8 Å². The molecule has 33 heavy (non-hydrogen) atoms. The van der Waals surface area contributed by atoms with Crippen molar-refractivity contribution in [2.45, 2.75) is 32.5 Å². The van der Waals surface area contributed by atoms with Crippen molar-refractivity contribution in [2.24, 2.45) is 0 Å². The zero-order valence-electron chi connectivity index (χ0n) is 18.9. The third-order valence-electron chi connectivity index (χ3n) is 5.43. The summed E-state index contributed by atoms with van der Waals surface area (Å²) in [5.41, 5.74) is 6.86. The Hall–Kier alpha value is -3.38. The van der Waals surface area contributed by atoms with E-state index in [0.29, 0.717) is 6.54 Å². The smallest absolute Gasteiger partial charge is 0.234 e. The van der Waals surface area contributed by atoms with Crippen LogP contribution in [0.1, 0.15) is 22.3 Å². The summed E-state index contributed by atoms with van der Waals surface area (Å²) >= 11 is 1.39. The van der Waals surface area contributed by atoms with Gasteiger partial charge in [-0.15, -0.1) is 0 Å². The highest BCUT2D eigenvalue weighted by Crippen LogP contribution is 2.26. The molecule has 1 N–H and O–H groups in total. The quantitative estimate of drug-likeness (QED) is 0.326. The number of aryl methyl sites for hydroxylation is 3.